The minimum Gasteiger partial charge on any atom is -0.497 e. The van der Waals surface area contributed by atoms with Crippen molar-refractivity contribution in [2.24, 2.45) is 0 Å². The molecule has 3 aromatic rings. The van der Waals surface area contributed by atoms with Gasteiger partial charge in [-0.2, -0.15) is 0 Å². The number of nitrogens with zero attached hydrogens (tertiary/aromatic N) is 1. The molecule has 0 spiro atoms. The number of methoxy groups -OCH3 is 3. The fourth-order valence-corrected chi connectivity index (χ4v) is 4.55. The number of rotatable bonds is 7. The van der Waals surface area contributed by atoms with Crippen LogP contribution in [0, 0.1) is 0 Å². The van der Waals surface area contributed by atoms with Gasteiger partial charge in [0.15, 0.2) is 16.6 Å². The van der Waals surface area contributed by atoms with Crippen LogP contribution in [-0.4, -0.2) is 52.3 Å². The molecule has 0 amide bonds. The first-order valence-electron chi connectivity index (χ1n) is 11.2. The monoisotopic (exact) mass is 476 g/mol. The standard InChI is InChI=1S/C26H29BN2O4S/c1-30-20-7-9-21(10-8-20)33-16-23-22-15-25(32-3)24(31-2)13-17(22)11-12-29(23)26(34)28-19-6-4-5-18(27)14-19/h4-10,13-15,23H,11-12,16,27H2,1-3H3,(H,28,34). The average Bonchev–Trinajstić information content (AvgIpc) is 2.86. The molecule has 1 aliphatic rings. The van der Waals surface area contributed by atoms with Gasteiger partial charge in [-0.05, 0) is 78.3 Å². The first kappa shape index (κ1) is 23.8. The molecule has 0 saturated carbocycles. The summed E-state index contributed by atoms with van der Waals surface area (Å²) in [6.07, 6.45) is 0.838. The van der Waals surface area contributed by atoms with Gasteiger partial charge in [-0.25, -0.2) is 0 Å². The van der Waals surface area contributed by atoms with Crippen molar-refractivity contribution >= 4 is 36.3 Å². The highest BCUT2D eigenvalue weighted by Crippen LogP contribution is 2.38. The zero-order chi connectivity index (χ0) is 24.1. The lowest BCUT2D eigenvalue weighted by Gasteiger charge is -2.39. The predicted octanol–water partition coefficient (Wildman–Crippen LogP) is 3.35. The molecule has 0 bridgehead atoms. The van der Waals surface area contributed by atoms with Gasteiger partial charge in [0, 0.05) is 12.2 Å². The second-order valence-electron chi connectivity index (χ2n) is 8.15. The highest BCUT2D eigenvalue weighted by Gasteiger charge is 2.31. The van der Waals surface area contributed by atoms with Gasteiger partial charge < -0.3 is 29.2 Å². The molecule has 1 heterocycles. The van der Waals surface area contributed by atoms with Gasteiger partial charge in [-0.3, -0.25) is 0 Å². The Morgan fingerprint density at radius 1 is 0.971 bits per heavy atom. The molecular weight excluding hydrogens is 447 g/mol. The SMILES string of the molecule is Bc1cccc(NC(=S)N2CCc3cc(OC)c(OC)cc3C2COc2ccc(OC)cc2)c1. The third-order valence-corrected chi connectivity index (χ3v) is 6.34. The smallest absolute Gasteiger partial charge is 0.174 e. The molecule has 0 aromatic heterocycles. The maximum atomic E-state index is 6.22. The fraction of sp³-hybridized carbons (Fsp3) is 0.269. The lowest BCUT2D eigenvalue weighted by molar-refractivity contribution is 0.190. The van der Waals surface area contributed by atoms with E-state index in [2.05, 4.69) is 36.3 Å². The minimum absolute atomic E-state index is 0.101. The summed E-state index contributed by atoms with van der Waals surface area (Å²) in [4.78, 5) is 2.19. The molecule has 0 saturated heterocycles. The Morgan fingerprint density at radius 3 is 2.35 bits per heavy atom. The van der Waals surface area contributed by atoms with E-state index in [0.717, 1.165) is 41.5 Å². The van der Waals surface area contributed by atoms with Crippen molar-refractivity contribution in [3.63, 3.8) is 0 Å². The normalized spacial score (nSPS) is 14.7. The van der Waals surface area contributed by atoms with E-state index in [1.54, 1.807) is 21.3 Å². The first-order chi connectivity index (χ1) is 16.5. The van der Waals surface area contributed by atoms with Crippen molar-refractivity contribution in [2.75, 3.05) is 39.8 Å². The first-order valence-corrected chi connectivity index (χ1v) is 11.6. The average molecular weight is 476 g/mol. The molecule has 4 rings (SSSR count). The Balaban J connectivity index is 1.63. The van der Waals surface area contributed by atoms with Crippen LogP contribution in [-0.2, 0) is 6.42 Å². The molecule has 176 valence electrons. The molecule has 1 N–H and O–H groups in total. The van der Waals surface area contributed by atoms with Crippen LogP contribution in [0.4, 0.5) is 5.69 Å². The molecule has 8 heteroatoms. The number of ether oxygens (including phenoxy) is 4. The van der Waals surface area contributed by atoms with Crippen molar-refractivity contribution in [3.8, 4) is 23.0 Å². The van der Waals surface area contributed by atoms with E-state index in [9.17, 15) is 0 Å². The van der Waals surface area contributed by atoms with E-state index in [1.165, 1.54) is 11.0 Å². The highest BCUT2D eigenvalue weighted by molar-refractivity contribution is 7.80. The summed E-state index contributed by atoms with van der Waals surface area (Å²) >= 11 is 5.87. The third-order valence-electron chi connectivity index (χ3n) is 6.00. The van der Waals surface area contributed by atoms with E-state index in [4.69, 9.17) is 31.2 Å². The largest absolute Gasteiger partial charge is 0.497 e. The summed E-state index contributed by atoms with van der Waals surface area (Å²) < 4.78 is 22.6. The molecular formula is C26H29BN2O4S. The van der Waals surface area contributed by atoms with Crippen LogP contribution in [0.25, 0.3) is 0 Å². The molecule has 0 aliphatic carbocycles. The summed E-state index contributed by atoms with van der Waals surface area (Å²) in [6.45, 7) is 1.18. The highest BCUT2D eigenvalue weighted by atomic mass is 32.1. The summed E-state index contributed by atoms with van der Waals surface area (Å²) in [6, 6.07) is 19.8. The van der Waals surface area contributed by atoms with Gasteiger partial charge in [0.25, 0.3) is 0 Å². The van der Waals surface area contributed by atoms with Crippen LogP contribution in [0.15, 0.2) is 60.7 Å². The van der Waals surface area contributed by atoms with Crippen molar-refractivity contribution in [3.05, 3.63) is 71.8 Å². The maximum absolute atomic E-state index is 6.22. The van der Waals surface area contributed by atoms with E-state index >= 15 is 0 Å². The zero-order valence-corrected chi connectivity index (χ0v) is 20.8. The van der Waals surface area contributed by atoms with Crippen molar-refractivity contribution in [1.29, 1.82) is 0 Å². The Kier molecular flexibility index (Phi) is 7.48. The second-order valence-corrected chi connectivity index (χ2v) is 8.54. The molecule has 1 unspecified atom stereocenters. The van der Waals surface area contributed by atoms with Gasteiger partial charge in [-0.1, -0.05) is 17.6 Å². The Hall–Kier alpha value is -3.39. The van der Waals surface area contributed by atoms with Gasteiger partial charge in [0.2, 0.25) is 0 Å². The van der Waals surface area contributed by atoms with Crippen LogP contribution in [0.3, 0.4) is 0 Å². The van der Waals surface area contributed by atoms with Crippen molar-refractivity contribution < 1.29 is 18.9 Å². The Morgan fingerprint density at radius 2 is 1.68 bits per heavy atom. The second kappa shape index (κ2) is 10.7. The van der Waals surface area contributed by atoms with Gasteiger partial charge in [0.1, 0.15) is 26.0 Å². The fourth-order valence-electron chi connectivity index (χ4n) is 4.22. The van der Waals surface area contributed by atoms with Gasteiger partial charge in [-0.15, -0.1) is 0 Å². The molecule has 1 aliphatic heterocycles. The van der Waals surface area contributed by atoms with E-state index in [0.29, 0.717) is 17.5 Å². The topological polar surface area (TPSA) is 52.2 Å². The number of thiocarbonyl (C=S) groups is 1. The van der Waals surface area contributed by atoms with Gasteiger partial charge >= 0.3 is 0 Å². The molecule has 0 fully saturated rings. The third kappa shape index (κ3) is 5.23. The molecule has 0 radical (unpaired) electrons. The van der Waals surface area contributed by atoms with E-state index < -0.39 is 0 Å². The summed E-state index contributed by atoms with van der Waals surface area (Å²) in [5, 5.41) is 4.07. The van der Waals surface area contributed by atoms with E-state index in [-0.39, 0.29) is 6.04 Å². The maximum Gasteiger partial charge on any atom is 0.174 e. The lowest BCUT2D eigenvalue weighted by atomic mass is 9.92. The number of nitrogens with one attached hydrogen (secondary N) is 1. The number of hydrogen-bond donors (Lipinski definition) is 1. The van der Waals surface area contributed by atoms with Crippen molar-refractivity contribution in [2.45, 2.75) is 12.5 Å². The number of benzene rings is 3. The quantitative estimate of drug-likeness (QED) is 0.415. The summed E-state index contributed by atoms with van der Waals surface area (Å²) in [7, 11) is 7.02. The lowest BCUT2D eigenvalue weighted by Crippen LogP contribution is -2.44. The van der Waals surface area contributed by atoms with Gasteiger partial charge in [0.05, 0.1) is 27.4 Å². The predicted molar refractivity (Wildman–Crippen MR) is 142 cm³/mol. The van der Waals surface area contributed by atoms with Crippen LogP contribution in [0.1, 0.15) is 17.2 Å². The number of fused-ring (bicyclic) bond motifs is 1. The Labute approximate surface area is 207 Å². The summed E-state index contributed by atoms with van der Waals surface area (Å²) in [5.74, 6) is 2.98. The number of hydrogen-bond acceptors (Lipinski definition) is 5. The molecule has 34 heavy (non-hydrogen) atoms. The Bertz CT molecular complexity index is 1160. The van der Waals surface area contributed by atoms with Crippen LogP contribution < -0.4 is 29.7 Å². The molecule has 6 nitrogen and oxygen atoms in total. The molecule has 1 atom stereocenters. The zero-order valence-electron chi connectivity index (χ0n) is 20.0. The number of anilines is 1. The van der Waals surface area contributed by atoms with Crippen LogP contribution in [0.5, 0.6) is 23.0 Å². The van der Waals surface area contributed by atoms with Crippen LogP contribution >= 0.6 is 12.2 Å². The van der Waals surface area contributed by atoms with E-state index in [1.807, 2.05) is 42.5 Å². The van der Waals surface area contributed by atoms with Crippen molar-refractivity contribution in [1.82, 2.24) is 4.90 Å². The minimum atomic E-state index is -0.101. The molecule has 3 aromatic carbocycles. The summed E-state index contributed by atoms with van der Waals surface area (Å²) in [5.41, 5.74) is 4.47. The van der Waals surface area contributed by atoms with Crippen LogP contribution in [0.2, 0.25) is 0 Å².